The molecule has 0 radical (unpaired) electrons. The van der Waals surface area contributed by atoms with Gasteiger partial charge < -0.3 is 9.47 Å². The number of hydrogen-bond acceptors (Lipinski definition) is 3. The number of methoxy groups -OCH3 is 2. The summed E-state index contributed by atoms with van der Waals surface area (Å²) in [5.74, 6) is -0.591. The summed E-state index contributed by atoms with van der Waals surface area (Å²) in [6.45, 7) is 3.89. The van der Waals surface area contributed by atoms with Crippen molar-refractivity contribution in [3.63, 3.8) is 0 Å². The first-order chi connectivity index (χ1) is 8.49. The molecule has 0 aliphatic rings. The van der Waals surface area contributed by atoms with Crippen LogP contribution in [0, 0.1) is 17.7 Å². The molecule has 0 saturated carbocycles. The number of carbonyl (C=O) groups is 1. The van der Waals surface area contributed by atoms with Gasteiger partial charge in [-0.05, 0) is 30.0 Å². The zero-order valence-corrected chi connectivity index (χ0v) is 11.2. The monoisotopic (exact) mass is 254 g/mol. The van der Waals surface area contributed by atoms with Gasteiger partial charge in [0.25, 0.3) is 0 Å². The van der Waals surface area contributed by atoms with Crippen LogP contribution in [-0.2, 0) is 16.0 Å². The summed E-state index contributed by atoms with van der Waals surface area (Å²) >= 11 is 0. The van der Waals surface area contributed by atoms with Gasteiger partial charge in [0, 0.05) is 0 Å². The van der Waals surface area contributed by atoms with Crippen molar-refractivity contribution in [1.82, 2.24) is 0 Å². The van der Waals surface area contributed by atoms with Crippen LogP contribution in [0.1, 0.15) is 19.4 Å². The third kappa shape index (κ3) is 3.45. The summed E-state index contributed by atoms with van der Waals surface area (Å²) in [5.41, 5.74) is 0.761. The number of esters is 1. The maximum absolute atomic E-state index is 13.5. The zero-order valence-electron chi connectivity index (χ0n) is 11.2. The van der Waals surface area contributed by atoms with E-state index in [1.807, 2.05) is 13.8 Å². The van der Waals surface area contributed by atoms with Crippen LogP contribution in [-0.4, -0.2) is 20.2 Å². The van der Waals surface area contributed by atoms with Crippen LogP contribution >= 0.6 is 0 Å². The number of halogens is 1. The predicted molar refractivity (Wildman–Crippen MR) is 67.0 cm³/mol. The lowest BCUT2D eigenvalue weighted by molar-refractivity contribution is -0.146. The minimum Gasteiger partial charge on any atom is -0.494 e. The third-order valence-electron chi connectivity index (χ3n) is 2.98. The smallest absolute Gasteiger partial charge is 0.309 e. The third-order valence-corrected chi connectivity index (χ3v) is 2.98. The molecule has 0 spiro atoms. The van der Waals surface area contributed by atoms with Crippen molar-refractivity contribution in [2.24, 2.45) is 11.8 Å². The highest BCUT2D eigenvalue weighted by Gasteiger charge is 2.23. The molecule has 1 aromatic carbocycles. The minimum absolute atomic E-state index is 0.141. The summed E-state index contributed by atoms with van der Waals surface area (Å²) in [4.78, 5) is 11.6. The molecule has 0 bridgehead atoms. The van der Waals surface area contributed by atoms with Crippen LogP contribution in [0.5, 0.6) is 5.75 Å². The largest absolute Gasteiger partial charge is 0.494 e. The van der Waals surface area contributed by atoms with E-state index >= 15 is 0 Å². The average molecular weight is 254 g/mol. The van der Waals surface area contributed by atoms with Crippen LogP contribution in [0.4, 0.5) is 4.39 Å². The lowest BCUT2D eigenvalue weighted by Crippen LogP contribution is -2.24. The fourth-order valence-corrected chi connectivity index (χ4v) is 1.83. The molecule has 0 fully saturated rings. The standard InChI is InChI=1S/C14H19FO3/c1-9(2)11(14(16)18-4)7-10-5-6-13(17-3)12(15)8-10/h5-6,8-9,11H,7H2,1-4H3. The van der Waals surface area contributed by atoms with Crippen molar-refractivity contribution < 1.29 is 18.7 Å². The minimum atomic E-state index is -0.414. The topological polar surface area (TPSA) is 35.5 Å². The van der Waals surface area contributed by atoms with Gasteiger partial charge in [-0.15, -0.1) is 0 Å². The molecule has 0 aliphatic carbocycles. The Bertz CT molecular complexity index is 416. The Morgan fingerprint density at radius 3 is 2.44 bits per heavy atom. The molecular weight excluding hydrogens is 235 g/mol. The predicted octanol–water partition coefficient (Wildman–Crippen LogP) is 2.82. The number of rotatable bonds is 5. The number of carbonyl (C=O) groups excluding carboxylic acids is 1. The van der Waals surface area contributed by atoms with Crippen molar-refractivity contribution in [2.75, 3.05) is 14.2 Å². The Balaban J connectivity index is 2.87. The highest BCUT2D eigenvalue weighted by Crippen LogP contribution is 2.23. The fourth-order valence-electron chi connectivity index (χ4n) is 1.83. The second-order valence-electron chi connectivity index (χ2n) is 4.55. The van der Waals surface area contributed by atoms with Gasteiger partial charge in [0.2, 0.25) is 0 Å². The van der Waals surface area contributed by atoms with Gasteiger partial charge in [-0.1, -0.05) is 19.9 Å². The van der Waals surface area contributed by atoms with Crippen molar-refractivity contribution in [2.45, 2.75) is 20.3 Å². The molecule has 3 nitrogen and oxygen atoms in total. The second-order valence-corrected chi connectivity index (χ2v) is 4.55. The molecule has 1 aromatic rings. The summed E-state index contributed by atoms with van der Waals surface area (Å²) in [5, 5.41) is 0. The van der Waals surface area contributed by atoms with E-state index in [1.165, 1.54) is 20.3 Å². The highest BCUT2D eigenvalue weighted by molar-refractivity contribution is 5.73. The summed E-state index contributed by atoms with van der Waals surface area (Å²) in [6.07, 6.45) is 0.464. The molecule has 0 N–H and O–H groups in total. The number of benzene rings is 1. The maximum Gasteiger partial charge on any atom is 0.309 e. The van der Waals surface area contributed by atoms with Gasteiger partial charge in [-0.2, -0.15) is 0 Å². The Kier molecular flexibility index (Phi) is 5.13. The van der Waals surface area contributed by atoms with Gasteiger partial charge in [-0.3, -0.25) is 4.79 Å². The van der Waals surface area contributed by atoms with Gasteiger partial charge in [0.05, 0.1) is 20.1 Å². The fraction of sp³-hybridized carbons (Fsp3) is 0.500. The first kappa shape index (κ1) is 14.5. The Labute approximate surface area is 107 Å². The van der Waals surface area contributed by atoms with Crippen molar-refractivity contribution in [1.29, 1.82) is 0 Å². The van der Waals surface area contributed by atoms with Crippen molar-refractivity contribution >= 4 is 5.97 Å². The van der Waals surface area contributed by atoms with Crippen molar-refractivity contribution in [3.8, 4) is 5.75 Å². The quantitative estimate of drug-likeness (QED) is 0.758. The Morgan fingerprint density at radius 2 is 2.00 bits per heavy atom. The lowest BCUT2D eigenvalue weighted by atomic mass is 9.89. The molecular formula is C14H19FO3. The molecule has 1 rings (SSSR count). The molecule has 0 heterocycles. The first-order valence-electron chi connectivity index (χ1n) is 5.89. The van der Waals surface area contributed by atoms with E-state index < -0.39 is 5.82 Å². The molecule has 0 amide bonds. The second kappa shape index (κ2) is 6.38. The molecule has 4 heteroatoms. The summed E-state index contributed by atoms with van der Waals surface area (Å²) in [6, 6.07) is 4.73. The van der Waals surface area contributed by atoms with E-state index in [2.05, 4.69) is 0 Å². The molecule has 0 saturated heterocycles. The summed E-state index contributed by atoms with van der Waals surface area (Å²) in [7, 11) is 2.79. The SMILES string of the molecule is COC(=O)C(Cc1ccc(OC)c(F)c1)C(C)C. The molecule has 1 atom stereocenters. The Morgan fingerprint density at radius 1 is 1.33 bits per heavy atom. The van der Waals surface area contributed by atoms with E-state index in [-0.39, 0.29) is 23.6 Å². The summed E-state index contributed by atoms with van der Waals surface area (Å²) < 4.78 is 23.2. The highest BCUT2D eigenvalue weighted by atomic mass is 19.1. The van der Waals surface area contributed by atoms with Gasteiger partial charge in [0.1, 0.15) is 0 Å². The van der Waals surface area contributed by atoms with Gasteiger partial charge in [0.15, 0.2) is 11.6 Å². The van der Waals surface area contributed by atoms with E-state index in [1.54, 1.807) is 12.1 Å². The van der Waals surface area contributed by atoms with Crippen molar-refractivity contribution in [3.05, 3.63) is 29.6 Å². The van der Waals surface area contributed by atoms with Gasteiger partial charge >= 0.3 is 5.97 Å². The van der Waals surface area contributed by atoms with E-state index in [4.69, 9.17) is 9.47 Å². The molecule has 0 aliphatic heterocycles. The molecule has 1 unspecified atom stereocenters. The van der Waals surface area contributed by atoms with E-state index in [0.29, 0.717) is 6.42 Å². The van der Waals surface area contributed by atoms with Crippen LogP contribution in [0.2, 0.25) is 0 Å². The van der Waals surface area contributed by atoms with Crippen LogP contribution in [0.15, 0.2) is 18.2 Å². The number of ether oxygens (including phenoxy) is 2. The van der Waals surface area contributed by atoms with Crippen LogP contribution in [0.3, 0.4) is 0 Å². The first-order valence-corrected chi connectivity index (χ1v) is 5.89. The van der Waals surface area contributed by atoms with Crippen LogP contribution < -0.4 is 4.74 Å². The molecule has 0 aromatic heterocycles. The Hall–Kier alpha value is -1.58. The van der Waals surface area contributed by atoms with E-state index in [9.17, 15) is 9.18 Å². The lowest BCUT2D eigenvalue weighted by Gasteiger charge is -2.18. The van der Waals surface area contributed by atoms with E-state index in [0.717, 1.165) is 5.56 Å². The van der Waals surface area contributed by atoms with Crippen LogP contribution in [0.25, 0.3) is 0 Å². The average Bonchev–Trinajstić information content (AvgIpc) is 2.35. The number of hydrogen-bond donors (Lipinski definition) is 0. The molecule has 100 valence electrons. The normalized spacial score (nSPS) is 12.3. The maximum atomic E-state index is 13.5. The zero-order chi connectivity index (χ0) is 13.7. The molecule has 18 heavy (non-hydrogen) atoms. The van der Waals surface area contributed by atoms with Gasteiger partial charge in [-0.25, -0.2) is 4.39 Å².